The second kappa shape index (κ2) is 13.5. The Morgan fingerprint density at radius 3 is 2.50 bits per heavy atom. The summed E-state index contributed by atoms with van der Waals surface area (Å²) in [6.07, 6.45) is 7.21. The minimum absolute atomic E-state index is 0.0257. The van der Waals surface area contributed by atoms with Gasteiger partial charge in [-0.05, 0) is 48.8 Å². The van der Waals surface area contributed by atoms with Gasteiger partial charge < -0.3 is 14.8 Å². The second-order valence-electron chi connectivity index (χ2n) is 6.99. The molecule has 0 spiro atoms. The maximum absolute atomic E-state index is 12.2. The number of para-hydroxylation sites is 1. The number of hydrogen-bond donors (Lipinski definition) is 1. The zero-order valence-corrected chi connectivity index (χ0v) is 18.5. The molecule has 0 saturated carbocycles. The Hall–Kier alpha value is -3.85. The average Bonchev–Trinajstić information content (AvgIpc) is 2.81. The molecule has 0 aliphatic heterocycles. The minimum atomic E-state index is -0.522. The van der Waals surface area contributed by atoms with Gasteiger partial charge in [-0.3, -0.25) is 4.79 Å². The third-order valence-electron chi connectivity index (χ3n) is 4.37. The molecule has 2 aromatic carbocycles. The van der Waals surface area contributed by atoms with Gasteiger partial charge in [0.1, 0.15) is 23.1 Å². The summed E-state index contributed by atoms with van der Waals surface area (Å²) >= 11 is 0. The van der Waals surface area contributed by atoms with E-state index in [4.69, 9.17) is 9.47 Å². The fourth-order valence-electron chi connectivity index (χ4n) is 2.69. The number of nitriles is 1. The molecule has 2 aromatic rings. The van der Waals surface area contributed by atoms with Crippen molar-refractivity contribution in [2.45, 2.75) is 33.1 Å². The molecule has 1 amide bonds. The van der Waals surface area contributed by atoms with Crippen molar-refractivity contribution < 1.29 is 19.1 Å². The average molecular weight is 433 g/mol. The van der Waals surface area contributed by atoms with Crippen LogP contribution in [0.4, 0.5) is 0 Å². The van der Waals surface area contributed by atoms with Crippen LogP contribution >= 0.6 is 0 Å². The fraction of sp³-hybridized carbons (Fsp3) is 0.269. The molecule has 0 bridgehead atoms. The summed E-state index contributed by atoms with van der Waals surface area (Å²) in [6, 6.07) is 16.0. The van der Waals surface area contributed by atoms with Crippen molar-refractivity contribution in [2.75, 3.05) is 13.2 Å². The minimum Gasteiger partial charge on any atom is -0.493 e. The van der Waals surface area contributed by atoms with Gasteiger partial charge in [-0.1, -0.05) is 50.6 Å². The molecule has 0 aromatic heterocycles. The molecule has 0 atom stereocenters. The third-order valence-corrected chi connectivity index (χ3v) is 4.37. The number of nitrogens with one attached hydrogen (secondary N) is 1. The first kappa shape index (κ1) is 24.4. The van der Waals surface area contributed by atoms with Crippen LogP contribution in [0.3, 0.4) is 0 Å². The molecule has 166 valence electrons. The number of carbonyl (C=O) groups is 2. The standard InChI is InChI=1S/C26H28N2O4/c1-3-5-16-28-26(30)22(19-27)18-20-10-13-23(14-11-20)32-25(29)15-12-21-8-6-7-9-24(21)31-17-4-2/h6-15,18H,3-5,16-17H2,1-2H3,(H,28,30)/b15-12+,22-18+. The molecule has 2 rings (SSSR count). The molecular weight excluding hydrogens is 404 g/mol. The normalized spacial score (nSPS) is 11.1. The van der Waals surface area contributed by atoms with Crippen molar-refractivity contribution in [3.63, 3.8) is 0 Å². The lowest BCUT2D eigenvalue weighted by Gasteiger charge is -2.07. The number of rotatable bonds is 11. The number of carbonyl (C=O) groups excluding carboxylic acids is 2. The molecule has 6 heteroatoms. The molecule has 0 fully saturated rings. The molecule has 6 nitrogen and oxygen atoms in total. The van der Waals surface area contributed by atoms with Gasteiger partial charge >= 0.3 is 5.97 Å². The Kier molecular flexibility index (Phi) is 10.3. The van der Waals surface area contributed by atoms with Gasteiger partial charge in [-0.15, -0.1) is 0 Å². The van der Waals surface area contributed by atoms with Crippen LogP contribution in [0.1, 0.15) is 44.2 Å². The summed E-state index contributed by atoms with van der Waals surface area (Å²) < 4.78 is 11.0. The van der Waals surface area contributed by atoms with Crippen LogP contribution in [-0.4, -0.2) is 25.0 Å². The van der Waals surface area contributed by atoms with Crippen molar-refractivity contribution >= 4 is 24.0 Å². The topological polar surface area (TPSA) is 88.4 Å². The van der Waals surface area contributed by atoms with Crippen molar-refractivity contribution in [3.8, 4) is 17.6 Å². The van der Waals surface area contributed by atoms with Crippen LogP contribution in [-0.2, 0) is 9.59 Å². The number of nitrogens with zero attached hydrogens (tertiary/aromatic N) is 1. The van der Waals surface area contributed by atoms with E-state index in [9.17, 15) is 14.9 Å². The van der Waals surface area contributed by atoms with E-state index in [0.717, 1.165) is 24.8 Å². The molecule has 1 N–H and O–H groups in total. The van der Waals surface area contributed by atoms with E-state index >= 15 is 0 Å². The summed E-state index contributed by atoms with van der Waals surface area (Å²) in [4.78, 5) is 24.2. The first-order valence-electron chi connectivity index (χ1n) is 10.7. The zero-order valence-electron chi connectivity index (χ0n) is 18.5. The van der Waals surface area contributed by atoms with Gasteiger partial charge in [0.2, 0.25) is 0 Å². The predicted octanol–water partition coefficient (Wildman–Crippen LogP) is 4.92. The molecule has 0 radical (unpaired) electrons. The van der Waals surface area contributed by atoms with E-state index in [0.29, 0.717) is 30.2 Å². The van der Waals surface area contributed by atoms with E-state index in [1.54, 1.807) is 30.3 Å². The van der Waals surface area contributed by atoms with Crippen molar-refractivity contribution in [3.05, 3.63) is 71.3 Å². The van der Waals surface area contributed by atoms with E-state index in [2.05, 4.69) is 5.32 Å². The number of benzene rings is 2. The highest BCUT2D eigenvalue weighted by Gasteiger charge is 2.08. The van der Waals surface area contributed by atoms with Crippen molar-refractivity contribution in [1.82, 2.24) is 5.32 Å². The first-order valence-corrected chi connectivity index (χ1v) is 10.7. The Balaban J connectivity index is 1.99. The summed E-state index contributed by atoms with van der Waals surface area (Å²) in [5, 5.41) is 12.0. The molecule has 0 unspecified atom stereocenters. The van der Waals surface area contributed by atoms with Crippen LogP contribution in [0.25, 0.3) is 12.2 Å². The van der Waals surface area contributed by atoms with E-state index < -0.39 is 11.9 Å². The first-order chi connectivity index (χ1) is 15.6. The Morgan fingerprint density at radius 1 is 1.06 bits per heavy atom. The summed E-state index contributed by atoms with van der Waals surface area (Å²) in [5.41, 5.74) is 1.47. The van der Waals surface area contributed by atoms with Crippen LogP contribution in [0, 0.1) is 11.3 Å². The van der Waals surface area contributed by atoms with Gasteiger partial charge in [0.15, 0.2) is 0 Å². The number of hydrogen-bond acceptors (Lipinski definition) is 5. The largest absolute Gasteiger partial charge is 0.493 e. The number of esters is 1. The Bertz CT molecular complexity index is 1000. The number of amides is 1. The van der Waals surface area contributed by atoms with Crippen molar-refractivity contribution in [1.29, 1.82) is 5.26 Å². The van der Waals surface area contributed by atoms with Gasteiger partial charge in [-0.25, -0.2) is 4.79 Å². The Morgan fingerprint density at radius 2 is 1.81 bits per heavy atom. The summed E-state index contributed by atoms with van der Waals surface area (Å²) in [5.74, 6) is 0.149. The van der Waals surface area contributed by atoms with Crippen molar-refractivity contribution in [2.24, 2.45) is 0 Å². The highest BCUT2D eigenvalue weighted by atomic mass is 16.5. The lowest BCUT2D eigenvalue weighted by Crippen LogP contribution is -2.25. The van der Waals surface area contributed by atoms with Crippen LogP contribution in [0.5, 0.6) is 11.5 Å². The zero-order chi connectivity index (χ0) is 23.2. The van der Waals surface area contributed by atoms with E-state index in [1.165, 1.54) is 12.2 Å². The highest BCUT2D eigenvalue weighted by Crippen LogP contribution is 2.20. The summed E-state index contributed by atoms with van der Waals surface area (Å²) in [7, 11) is 0. The van der Waals surface area contributed by atoms with Gasteiger partial charge in [0.25, 0.3) is 5.91 Å². The monoisotopic (exact) mass is 432 g/mol. The van der Waals surface area contributed by atoms with E-state index in [1.807, 2.05) is 44.2 Å². The van der Waals surface area contributed by atoms with Gasteiger partial charge in [0, 0.05) is 18.2 Å². The lowest BCUT2D eigenvalue weighted by atomic mass is 10.1. The SMILES string of the molecule is CCCCNC(=O)/C(C#N)=C/c1ccc(OC(=O)/C=C/c2ccccc2OCCC)cc1. The second-order valence-corrected chi connectivity index (χ2v) is 6.99. The number of unbranched alkanes of at least 4 members (excludes halogenated alkanes) is 1. The van der Waals surface area contributed by atoms with Gasteiger partial charge in [-0.2, -0.15) is 5.26 Å². The number of ether oxygens (including phenoxy) is 2. The smallest absolute Gasteiger partial charge is 0.336 e. The fourth-order valence-corrected chi connectivity index (χ4v) is 2.69. The molecule has 0 aliphatic rings. The Labute approximate surface area is 189 Å². The van der Waals surface area contributed by atoms with Crippen LogP contribution < -0.4 is 14.8 Å². The molecule has 0 heterocycles. The summed E-state index contributed by atoms with van der Waals surface area (Å²) in [6.45, 7) is 5.19. The molecule has 0 aliphatic carbocycles. The van der Waals surface area contributed by atoms with Crippen LogP contribution in [0.2, 0.25) is 0 Å². The van der Waals surface area contributed by atoms with Crippen LogP contribution in [0.15, 0.2) is 60.2 Å². The maximum atomic E-state index is 12.2. The highest BCUT2D eigenvalue weighted by molar-refractivity contribution is 6.01. The molecule has 0 saturated heterocycles. The van der Waals surface area contributed by atoms with E-state index in [-0.39, 0.29) is 5.57 Å². The quantitative estimate of drug-likeness (QED) is 0.179. The van der Waals surface area contributed by atoms with Gasteiger partial charge in [0.05, 0.1) is 6.61 Å². The maximum Gasteiger partial charge on any atom is 0.336 e. The lowest BCUT2D eigenvalue weighted by molar-refractivity contribution is -0.128. The molecule has 32 heavy (non-hydrogen) atoms. The molecular formula is C26H28N2O4. The third kappa shape index (κ3) is 8.11. The predicted molar refractivity (Wildman–Crippen MR) is 125 cm³/mol.